The number of rotatable bonds is 4. The van der Waals surface area contributed by atoms with Crippen molar-refractivity contribution in [2.24, 2.45) is 0 Å². The molecule has 0 bridgehead atoms. The lowest BCUT2D eigenvalue weighted by Gasteiger charge is -2.34. The number of piperazine rings is 1. The summed E-state index contributed by atoms with van der Waals surface area (Å²) in [5, 5.41) is 0.270. The fraction of sp³-hybridized carbons (Fsp3) is 0.294. The summed E-state index contributed by atoms with van der Waals surface area (Å²) in [4.78, 5) is 2.23. The van der Waals surface area contributed by atoms with E-state index in [0.717, 1.165) is 6.54 Å². The second-order valence-corrected chi connectivity index (χ2v) is 8.91. The highest BCUT2D eigenvalue weighted by Gasteiger charge is 2.31. The summed E-state index contributed by atoms with van der Waals surface area (Å²) in [5.41, 5.74) is 1.21. The summed E-state index contributed by atoms with van der Waals surface area (Å²) in [7, 11) is -3.70. The van der Waals surface area contributed by atoms with E-state index in [2.05, 4.69) is 17.0 Å². The Bertz CT molecular complexity index is 852. The quantitative estimate of drug-likeness (QED) is 0.699. The fourth-order valence-corrected chi connectivity index (χ4v) is 5.19. The Morgan fingerprint density at radius 1 is 0.840 bits per heavy atom. The van der Waals surface area contributed by atoms with Crippen molar-refractivity contribution in [3.05, 3.63) is 63.1 Å². The van der Waals surface area contributed by atoms with Gasteiger partial charge in [0.1, 0.15) is 4.90 Å². The van der Waals surface area contributed by atoms with E-state index < -0.39 is 10.0 Å². The molecule has 1 heterocycles. The highest BCUT2D eigenvalue weighted by molar-refractivity contribution is 7.89. The van der Waals surface area contributed by atoms with E-state index in [-0.39, 0.29) is 20.0 Å². The summed E-state index contributed by atoms with van der Waals surface area (Å²) < 4.78 is 27.2. The van der Waals surface area contributed by atoms with Crippen LogP contribution in [0, 0.1) is 0 Å². The largest absolute Gasteiger partial charge is 0.296 e. The minimum atomic E-state index is -3.70. The smallest absolute Gasteiger partial charge is 0.244 e. The van der Waals surface area contributed by atoms with Gasteiger partial charge >= 0.3 is 0 Å². The zero-order valence-corrected chi connectivity index (χ0v) is 16.4. The minimum Gasteiger partial charge on any atom is -0.296 e. The Morgan fingerprint density at radius 2 is 1.48 bits per heavy atom. The maximum absolute atomic E-state index is 12.9. The van der Waals surface area contributed by atoms with E-state index >= 15 is 0 Å². The van der Waals surface area contributed by atoms with Gasteiger partial charge in [0.15, 0.2) is 0 Å². The summed E-state index contributed by atoms with van der Waals surface area (Å²) in [6.07, 6.45) is 0. The van der Waals surface area contributed by atoms with Gasteiger partial charge < -0.3 is 0 Å². The molecule has 0 radical (unpaired) electrons. The number of hydrogen-bond donors (Lipinski definition) is 0. The van der Waals surface area contributed by atoms with Gasteiger partial charge in [0, 0.05) is 32.7 Å². The van der Waals surface area contributed by atoms with E-state index in [1.165, 1.54) is 22.0 Å². The predicted octanol–water partition coefficient (Wildman–Crippen LogP) is 4.15. The van der Waals surface area contributed by atoms with Gasteiger partial charge in [-0.25, -0.2) is 8.42 Å². The van der Waals surface area contributed by atoms with Gasteiger partial charge in [0.2, 0.25) is 10.0 Å². The SMILES string of the molecule is O=S(=O)(c1ccc(Cl)c(Cl)c1Cl)N1CCN(Cc2ccccc2)CC1. The van der Waals surface area contributed by atoms with Gasteiger partial charge in [0.05, 0.1) is 15.1 Å². The zero-order chi connectivity index (χ0) is 18.0. The van der Waals surface area contributed by atoms with Crippen molar-refractivity contribution in [1.29, 1.82) is 0 Å². The monoisotopic (exact) mass is 418 g/mol. The van der Waals surface area contributed by atoms with Crippen LogP contribution in [0.25, 0.3) is 0 Å². The molecule has 1 fully saturated rings. The molecule has 2 aromatic rings. The zero-order valence-electron chi connectivity index (χ0n) is 13.3. The maximum atomic E-state index is 12.9. The molecule has 1 aliphatic heterocycles. The third-order valence-corrected chi connectivity index (χ3v) is 7.54. The van der Waals surface area contributed by atoms with Crippen LogP contribution in [0.2, 0.25) is 15.1 Å². The lowest BCUT2D eigenvalue weighted by Crippen LogP contribution is -2.48. The Balaban J connectivity index is 1.71. The van der Waals surface area contributed by atoms with Crippen LogP contribution in [-0.4, -0.2) is 43.8 Å². The van der Waals surface area contributed by atoms with Gasteiger partial charge in [-0.2, -0.15) is 4.31 Å². The van der Waals surface area contributed by atoms with Crippen molar-refractivity contribution in [2.45, 2.75) is 11.4 Å². The molecule has 0 atom stereocenters. The van der Waals surface area contributed by atoms with E-state index in [4.69, 9.17) is 34.8 Å². The molecule has 25 heavy (non-hydrogen) atoms. The number of sulfonamides is 1. The molecule has 0 aromatic heterocycles. The predicted molar refractivity (Wildman–Crippen MR) is 102 cm³/mol. The molecule has 0 aliphatic carbocycles. The van der Waals surface area contributed by atoms with Crippen LogP contribution in [0.1, 0.15) is 5.56 Å². The molecule has 1 saturated heterocycles. The van der Waals surface area contributed by atoms with E-state index in [1.807, 2.05) is 18.2 Å². The number of nitrogens with zero attached hydrogens (tertiary/aromatic N) is 2. The van der Waals surface area contributed by atoms with E-state index in [9.17, 15) is 8.42 Å². The van der Waals surface area contributed by atoms with Crippen LogP contribution in [0.5, 0.6) is 0 Å². The molecule has 4 nitrogen and oxygen atoms in total. The maximum Gasteiger partial charge on any atom is 0.244 e. The first-order valence-corrected chi connectivity index (χ1v) is 10.4. The normalized spacial score (nSPS) is 16.9. The minimum absolute atomic E-state index is 0.0000704. The van der Waals surface area contributed by atoms with Crippen LogP contribution in [0.3, 0.4) is 0 Å². The lowest BCUT2D eigenvalue weighted by molar-refractivity contribution is 0.181. The van der Waals surface area contributed by atoms with Crippen LogP contribution >= 0.6 is 34.8 Å². The third-order valence-electron chi connectivity index (χ3n) is 4.20. The molecule has 0 saturated carbocycles. The molecule has 0 N–H and O–H groups in total. The standard InChI is InChI=1S/C17H17Cl3N2O2S/c18-14-6-7-15(17(20)16(14)19)25(23,24)22-10-8-21(9-11-22)12-13-4-2-1-3-5-13/h1-7H,8-12H2. The summed E-state index contributed by atoms with van der Waals surface area (Å²) in [6.45, 7) is 2.94. The van der Waals surface area contributed by atoms with Crippen LogP contribution in [-0.2, 0) is 16.6 Å². The summed E-state index contributed by atoms with van der Waals surface area (Å²) >= 11 is 18.0. The second kappa shape index (κ2) is 7.82. The molecule has 2 aromatic carbocycles. The molecule has 3 rings (SSSR count). The van der Waals surface area contributed by atoms with Gasteiger partial charge in [-0.3, -0.25) is 4.90 Å². The first-order valence-electron chi connectivity index (χ1n) is 7.79. The fourth-order valence-electron chi connectivity index (χ4n) is 2.82. The molecule has 1 aliphatic rings. The van der Waals surface area contributed by atoms with Gasteiger partial charge in [-0.15, -0.1) is 0 Å². The third kappa shape index (κ3) is 4.13. The second-order valence-electron chi connectivity index (χ2n) is 5.84. The number of halogens is 3. The van der Waals surface area contributed by atoms with E-state index in [1.54, 1.807) is 0 Å². The Labute approximate surface area is 162 Å². The summed E-state index contributed by atoms with van der Waals surface area (Å²) in [5.74, 6) is 0. The van der Waals surface area contributed by atoms with Gasteiger partial charge in [0.25, 0.3) is 0 Å². The van der Waals surface area contributed by atoms with Crippen LogP contribution in [0.4, 0.5) is 0 Å². The van der Waals surface area contributed by atoms with Crippen molar-refractivity contribution in [3.8, 4) is 0 Å². The molecular formula is C17H17Cl3N2O2S. The van der Waals surface area contributed by atoms with Crippen molar-refractivity contribution in [2.75, 3.05) is 26.2 Å². The lowest BCUT2D eigenvalue weighted by atomic mass is 10.2. The molecule has 0 unspecified atom stereocenters. The van der Waals surface area contributed by atoms with Gasteiger partial charge in [-0.1, -0.05) is 65.1 Å². The Hall–Kier alpha value is -0.820. The average molecular weight is 420 g/mol. The topological polar surface area (TPSA) is 40.6 Å². The first kappa shape index (κ1) is 19.0. The van der Waals surface area contributed by atoms with Crippen LogP contribution < -0.4 is 0 Å². The van der Waals surface area contributed by atoms with Crippen molar-refractivity contribution < 1.29 is 8.42 Å². The number of benzene rings is 2. The van der Waals surface area contributed by atoms with Crippen LogP contribution in [0.15, 0.2) is 47.4 Å². The first-order chi connectivity index (χ1) is 11.9. The van der Waals surface area contributed by atoms with E-state index in [0.29, 0.717) is 26.2 Å². The van der Waals surface area contributed by atoms with Crippen molar-refractivity contribution in [1.82, 2.24) is 9.21 Å². The molecule has 134 valence electrons. The molecule has 8 heteroatoms. The highest BCUT2D eigenvalue weighted by atomic mass is 35.5. The molecular weight excluding hydrogens is 403 g/mol. The molecule has 0 amide bonds. The van der Waals surface area contributed by atoms with Gasteiger partial charge in [-0.05, 0) is 17.7 Å². The number of hydrogen-bond acceptors (Lipinski definition) is 3. The Kier molecular flexibility index (Phi) is 5.93. The van der Waals surface area contributed by atoms with Crippen molar-refractivity contribution >= 4 is 44.8 Å². The van der Waals surface area contributed by atoms with Crippen molar-refractivity contribution in [3.63, 3.8) is 0 Å². The highest BCUT2D eigenvalue weighted by Crippen LogP contribution is 2.36. The molecule has 0 spiro atoms. The Morgan fingerprint density at radius 3 is 2.12 bits per heavy atom. The average Bonchev–Trinajstić information content (AvgIpc) is 2.61. The summed E-state index contributed by atoms with van der Waals surface area (Å²) in [6, 6.07) is 13.0.